The van der Waals surface area contributed by atoms with Gasteiger partial charge in [-0.25, -0.2) is 8.42 Å². The van der Waals surface area contributed by atoms with Crippen LogP contribution < -0.4 is 15.2 Å². The molecule has 0 radical (unpaired) electrons. The molecular weight excluding hydrogens is 278 g/mol. The summed E-state index contributed by atoms with van der Waals surface area (Å²) in [7, 11) is -0.404. The topological polar surface area (TPSA) is 78.6 Å². The van der Waals surface area contributed by atoms with E-state index in [0.717, 1.165) is 37.5 Å². The van der Waals surface area contributed by atoms with E-state index < -0.39 is 15.4 Å². The number of hydrogen-bond donors (Lipinski definition) is 1. The Kier molecular flexibility index (Phi) is 3.97. The van der Waals surface area contributed by atoms with Gasteiger partial charge in [0.05, 0.1) is 14.2 Å². The maximum atomic E-state index is 11.8. The van der Waals surface area contributed by atoms with E-state index in [1.54, 1.807) is 6.07 Å². The summed E-state index contributed by atoms with van der Waals surface area (Å²) in [6.45, 7) is 0. The van der Waals surface area contributed by atoms with Gasteiger partial charge < -0.3 is 15.2 Å². The number of sulfone groups is 1. The number of nitrogens with two attached hydrogens (primary N) is 1. The van der Waals surface area contributed by atoms with Gasteiger partial charge in [-0.3, -0.25) is 0 Å². The maximum absolute atomic E-state index is 11.8. The van der Waals surface area contributed by atoms with Crippen LogP contribution in [0, 0.1) is 0 Å². The van der Waals surface area contributed by atoms with Crippen molar-refractivity contribution in [3.8, 4) is 11.5 Å². The molecular formula is C14H21NO4S. The van der Waals surface area contributed by atoms with Gasteiger partial charge in [-0.1, -0.05) is 12.8 Å². The summed E-state index contributed by atoms with van der Waals surface area (Å²) < 4.78 is 34.2. The highest BCUT2D eigenvalue weighted by Gasteiger charge is 2.35. The number of methoxy groups -OCH3 is 2. The van der Waals surface area contributed by atoms with Crippen LogP contribution in [-0.4, -0.2) is 28.9 Å². The van der Waals surface area contributed by atoms with Crippen molar-refractivity contribution in [3.63, 3.8) is 0 Å². The first-order chi connectivity index (χ1) is 9.31. The third kappa shape index (κ3) is 2.62. The van der Waals surface area contributed by atoms with Crippen molar-refractivity contribution in [3.05, 3.63) is 17.7 Å². The highest BCUT2D eigenvalue weighted by Crippen LogP contribution is 2.43. The van der Waals surface area contributed by atoms with Crippen molar-refractivity contribution >= 4 is 9.84 Å². The van der Waals surface area contributed by atoms with E-state index in [0.29, 0.717) is 11.5 Å². The molecule has 1 aliphatic rings. The van der Waals surface area contributed by atoms with Crippen molar-refractivity contribution in [1.29, 1.82) is 0 Å². The molecule has 112 valence electrons. The van der Waals surface area contributed by atoms with Crippen molar-refractivity contribution in [2.45, 2.75) is 36.1 Å². The van der Waals surface area contributed by atoms with E-state index in [1.165, 1.54) is 20.3 Å². The molecule has 1 saturated carbocycles. The van der Waals surface area contributed by atoms with Gasteiger partial charge in [0, 0.05) is 23.4 Å². The minimum Gasteiger partial charge on any atom is -0.496 e. The Hall–Kier alpha value is -1.27. The van der Waals surface area contributed by atoms with E-state index in [1.807, 2.05) is 0 Å². The van der Waals surface area contributed by atoms with Crippen molar-refractivity contribution in [2.75, 3.05) is 20.5 Å². The summed E-state index contributed by atoms with van der Waals surface area (Å²) in [5.74, 6) is 0.829. The lowest BCUT2D eigenvalue weighted by molar-refractivity contribution is 0.366. The van der Waals surface area contributed by atoms with Crippen LogP contribution in [0.5, 0.6) is 11.5 Å². The second-order valence-electron chi connectivity index (χ2n) is 5.34. The van der Waals surface area contributed by atoms with E-state index >= 15 is 0 Å². The molecule has 0 aromatic heterocycles. The number of ether oxygens (including phenoxy) is 2. The smallest absolute Gasteiger partial charge is 0.179 e. The quantitative estimate of drug-likeness (QED) is 0.917. The van der Waals surface area contributed by atoms with Crippen molar-refractivity contribution in [1.82, 2.24) is 0 Å². The molecule has 1 aliphatic carbocycles. The highest BCUT2D eigenvalue weighted by molar-refractivity contribution is 7.90. The average molecular weight is 299 g/mol. The molecule has 1 fully saturated rings. The van der Waals surface area contributed by atoms with Crippen LogP contribution in [0.25, 0.3) is 0 Å². The molecule has 0 spiro atoms. The molecule has 0 aliphatic heterocycles. The van der Waals surface area contributed by atoms with Gasteiger partial charge in [0.25, 0.3) is 0 Å². The molecule has 6 heteroatoms. The monoisotopic (exact) mass is 299 g/mol. The molecule has 0 amide bonds. The summed E-state index contributed by atoms with van der Waals surface area (Å²) in [5, 5.41) is 0. The number of hydrogen-bond acceptors (Lipinski definition) is 5. The van der Waals surface area contributed by atoms with Crippen LogP contribution in [-0.2, 0) is 15.4 Å². The Labute approximate surface area is 120 Å². The minimum absolute atomic E-state index is 0.127. The normalized spacial score (nSPS) is 18.0. The van der Waals surface area contributed by atoms with Gasteiger partial charge in [-0.05, 0) is 18.9 Å². The molecule has 1 aromatic carbocycles. The van der Waals surface area contributed by atoms with Gasteiger partial charge in [-0.15, -0.1) is 0 Å². The Bertz CT molecular complexity index is 604. The predicted molar refractivity (Wildman–Crippen MR) is 77.0 cm³/mol. The van der Waals surface area contributed by atoms with Gasteiger partial charge in [-0.2, -0.15) is 0 Å². The van der Waals surface area contributed by atoms with Gasteiger partial charge in [0.2, 0.25) is 0 Å². The second kappa shape index (κ2) is 5.26. The zero-order valence-electron chi connectivity index (χ0n) is 12.1. The summed E-state index contributed by atoms with van der Waals surface area (Å²) in [4.78, 5) is 0.127. The lowest BCUT2D eigenvalue weighted by Gasteiger charge is -2.27. The average Bonchev–Trinajstić information content (AvgIpc) is 2.84. The van der Waals surface area contributed by atoms with Gasteiger partial charge in [0.1, 0.15) is 16.4 Å². The van der Waals surface area contributed by atoms with Crippen LogP contribution in [0.4, 0.5) is 0 Å². The van der Waals surface area contributed by atoms with Crippen LogP contribution >= 0.6 is 0 Å². The van der Waals surface area contributed by atoms with Crippen LogP contribution in [0.1, 0.15) is 31.2 Å². The van der Waals surface area contributed by atoms with E-state index in [9.17, 15) is 8.42 Å². The first-order valence-corrected chi connectivity index (χ1v) is 8.46. The molecule has 2 N–H and O–H groups in total. The SMILES string of the molecule is COc1cc(S(C)(=O)=O)c(OC)cc1C1(N)CCCC1. The minimum atomic E-state index is -3.38. The Balaban J connectivity index is 2.65. The van der Waals surface area contributed by atoms with E-state index in [2.05, 4.69) is 0 Å². The number of rotatable bonds is 4. The van der Waals surface area contributed by atoms with Gasteiger partial charge in [0.15, 0.2) is 9.84 Å². The summed E-state index contributed by atoms with van der Waals surface area (Å²) in [6, 6.07) is 3.22. The maximum Gasteiger partial charge on any atom is 0.179 e. The fourth-order valence-corrected chi connectivity index (χ4v) is 3.65. The fraction of sp³-hybridized carbons (Fsp3) is 0.571. The van der Waals surface area contributed by atoms with Gasteiger partial charge >= 0.3 is 0 Å². The van der Waals surface area contributed by atoms with E-state index in [4.69, 9.17) is 15.2 Å². The van der Waals surface area contributed by atoms with Crippen LogP contribution in [0.2, 0.25) is 0 Å². The van der Waals surface area contributed by atoms with Crippen LogP contribution in [0.3, 0.4) is 0 Å². The molecule has 0 heterocycles. The third-order valence-corrected chi connectivity index (χ3v) is 5.04. The molecule has 0 atom stereocenters. The third-order valence-electron chi connectivity index (χ3n) is 3.92. The molecule has 2 rings (SSSR count). The fourth-order valence-electron chi connectivity index (χ4n) is 2.82. The molecule has 0 bridgehead atoms. The molecule has 0 unspecified atom stereocenters. The van der Waals surface area contributed by atoms with Crippen LogP contribution in [0.15, 0.2) is 17.0 Å². The Morgan fingerprint density at radius 2 is 1.65 bits per heavy atom. The number of benzene rings is 1. The first-order valence-electron chi connectivity index (χ1n) is 6.57. The molecule has 0 saturated heterocycles. The lowest BCUT2D eigenvalue weighted by atomic mass is 9.88. The summed E-state index contributed by atoms with van der Waals surface area (Å²) in [5.41, 5.74) is 6.81. The predicted octanol–water partition coefficient (Wildman–Crippen LogP) is 1.84. The van der Waals surface area contributed by atoms with Crippen molar-refractivity contribution in [2.24, 2.45) is 5.73 Å². The molecule has 5 nitrogen and oxygen atoms in total. The zero-order valence-corrected chi connectivity index (χ0v) is 12.9. The standard InChI is InChI=1S/C14H21NO4S/c1-18-11-9-13(20(3,16)17)12(19-2)8-10(11)14(15)6-4-5-7-14/h8-9H,4-7,15H2,1-3H3. The summed E-state index contributed by atoms with van der Waals surface area (Å²) >= 11 is 0. The Morgan fingerprint density at radius 3 is 2.10 bits per heavy atom. The highest BCUT2D eigenvalue weighted by atomic mass is 32.2. The zero-order chi connectivity index (χ0) is 15.0. The van der Waals surface area contributed by atoms with Crippen molar-refractivity contribution < 1.29 is 17.9 Å². The Morgan fingerprint density at radius 1 is 1.10 bits per heavy atom. The summed E-state index contributed by atoms with van der Waals surface area (Å²) in [6.07, 6.45) is 5.01. The largest absolute Gasteiger partial charge is 0.496 e. The molecule has 1 aromatic rings. The second-order valence-corrected chi connectivity index (χ2v) is 7.32. The molecule has 20 heavy (non-hydrogen) atoms. The lowest BCUT2D eigenvalue weighted by Crippen LogP contribution is -2.33. The first kappa shape index (κ1) is 15.1. The van der Waals surface area contributed by atoms with E-state index in [-0.39, 0.29) is 4.90 Å².